The number of benzene rings is 2. The summed E-state index contributed by atoms with van der Waals surface area (Å²) < 4.78 is 6.40. The predicted octanol–water partition coefficient (Wildman–Crippen LogP) is 3.59. The highest BCUT2D eigenvalue weighted by Crippen LogP contribution is 2.15. The molecule has 0 bridgehead atoms. The minimum absolute atomic E-state index is 0.130. The summed E-state index contributed by atoms with van der Waals surface area (Å²) in [5.74, 6) is 0.728. The number of ether oxygens (including phenoxy) is 1. The van der Waals surface area contributed by atoms with E-state index in [1.165, 1.54) is 5.56 Å². The molecule has 0 saturated heterocycles. The molecule has 0 unspecified atom stereocenters. The van der Waals surface area contributed by atoms with Crippen LogP contribution in [0.1, 0.15) is 11.1 Å². The van der Waals surface area contributed by atoms with Gasteiger partial charge in [-0.3, -0.25) is 0 Å². The highest BCUT2D eigenvalue weighted by Gasteiger charge is 2.02. The summed E-state index contributed by atoms with van der Waals surface area (Å²) >= 11 is 3.44. The Kier molecular flexibility index (Phi) is 5.63. The Bertz CT molecular complexity index is 599. The fraction of sp³-hybridized carbons (Fsp3) is 0.188. The van der Waals surface area contributed by atoms with Crippen molar-refractivity contribution >= 4 is 22.0 Å². The van der Waals surface area contributed by atoms with E-state index in [2.05, 4.69) is 26.6 Å². The zero-order valence-corrected chi connectivity index (χ0v) is 13.3. The zero-order chi connectivity index (χ0) is 15.1. The lowest BCUT2D eigenvalue weighted by Gasteiger charge is -2.10. The summed E-state index contributed by atoms with van der Waals surface area (Å²) in [6.45, 7) is 2.60. The molecule has 2 N–H and O–H groups in total. The van der Waals surface area contributed by atoms with Crippen LogP contribution in [0, 0.1) is 6.92 Å². The summed E-state index contributed by atoms with van der Waals surface area (Å²) in [6, 6.07) is 15.2. The van der Waals surface area contributed by atoms with Crippen molar-refractivity contribution in [3.05, 3.63) is 64.1 Å². The topological polar surface area (TPSA) is 50.4 Å². The number of aryl methyl sites for hydroxylation is 1. The fourth-order valence-corrected chi connectivity index (χ4v) is 2.12. The molecular formula is C16H17BrN2O2. The molecule has 110 valence electrons. The number of hydrogen-bond acceptors (Lipinski definition) is 2. The number of amides is 2. The van der Waals surface area contributed by atoms with Gasteiger partial charge in [-0.25, -0.2) is 4.79 Å². The highest BCUT2D eigenvalue weighted by molar-refractivity contribution is 9.10. The third-order valence-corrected chi connectivity index (χ3v) is 3.66. The number of carbonyl (C=O) groups excluding carboxylic acids is 1. The van der Waals surface area contributed by atoms with Crippen molar-refractivity contribution in [1.29, 1.82) is 0 Å². The van der Waals surface area contributed by atoms with Crippen LogP contribution >= 0.6 is 15.9 Å². The van der Waals surface area contributed by atoms with Crippen molar-refractivity contribution < 1.29 is 9.53 Å². The first kappa shape index (κ1) is 15.4. The second-order valence-electron chi connectivity index (χ2n) is 4.55. The molecular weight excluding hydrogens is 332 g/mol. The molecule has 4 nitrogen and oxygen atoms in total. The van der Waals surface area contributed by atoms with Gasteiger partial charge in [0.2, 0.25) is 0 Å². The lowest BCUT2D eigenvalue weighted by atomic mass is 10.2. The standard InChI is InChI=1S/C16H17BrN2O2/c1-12-6-8-14(9-7-12)21-11-19-16(20)18-10-13-4-2-3-5-15(13)17/h2-9H,10-11H2,1H3,(H2,18,19,20). The van der Waals surface area contributed by atoms with Crippen LogP contribution in [-0.4, -0.2) is 12.8 Å². The molecule has 0 radical (unpaired) electrons. The van der Waals surface area contributed by atoms with Gasteiger partial charge in [-0.15, -0.1) is 0 Å². The van der Waals surface area contributed by atoms with E-state index in [1.54, 1.807) is 0 Å². The van der Waals surface area contributed by atoms with Crippen molar-refractivity contribution in [2.45, 2.75) is 13.5 Å². The normalized spacial score (nSPS) is 10.0. The fourth-order valence-electron chi connectivity index (χ4n) is 1.70. The van der Waals surface area contributed by atoms with Crippen LogP contribution in [-0.2, 0) is 6.54 Å². The molecule has 2 aromatic rings. The maximum absolute atomic E-state index is 11.7. The van der Waals surface area contributed by atoms with E-state index in [4.69, 9.17) is 4.74 Å². The van der Waals surface area contributed by atoms with Gasteiger partial charge in [0.05, 0.1) is 0 Å². The summed E-state index contributed by atoms with van der Waals surface area (Å²) in [4.78, 5) is 11.7. The third-order valence-electron chi connectivity index (χ3n) is 2.89. The molecule has 0 aliphatic carbocycles. The molecule has 0 heterocycles. The number of carbonyl (C=O) groups is 1. The Balaban J connectivity index is 1.70. The SMILES string of the molecule is Cc1ccc(OCNC(=O)NCc2ccccc2Br)cc1. The smallest absolute Gasteiger partial charge is 0.317 e. The average molecular weight is 349 g/mol. The van der Waals surface area contributed by atoms with Crippen LogP contribution < -0.4 is 15.4 Å². The van der Waals surface area contributed by atoms with Crippen molar-refractivity contribution in [2.75, 3.05) is 6.73 Å². The molecule has 21 heavy (non-hydrogen) atoms. The number of hydrogen-bond donors (Lipinski definition) is 2. The van der Waals surface area contributed by atoms with E-state index in [1.807, 2.05) is 55.5 Å². The Morgan fingerprint density at radius 2 is 1.81 bits per heavy atom. The summed E-state index contributed by atoms with van der Waals surface area (Å²) in [5, 5.41) is 5.42. The van der Waals surface area contributed by atoms with Crippen molar-refractivity contribution in [1.82, 2.24) is 10.6 Å². The van der Waals surface area contributed by atoms with E-state index in [0.717, 1.165) is 15.8 Å². The lowest BCUT2D eigenvalue weighted by Crippen LogP contribution is -2.37. The number of urea groups is 1. The molecule has 5 heteroatoms. The van der Waals surface area contributed by atoms with Crippen molar-refractivity contribution in [2.24, 2.45) is 0 Å². The summed E-state index contributed by atoms with van der Waals surface area (Å²) in [5.41, 5.74) is 2.19. The minimum atomic E-state index is -0.266. The monoisotopic (exact) mass is 348 g/mol. The first-order valence-electron chi connectivity index (χ1n) is 6.60. The molecule has 2 aromatic carbocycles. The average Bonchev–Trinajstić information content (AvgIpc) is 2.48. The highest BCUT2D eigenvalue weighted by atomic mass is 79.9. The van der Waals surface area contributed by atoms with Crippen molar-refractivity contribution in [3.8, 4) is 5.75 Å². The van der Waals surface area contributed by atoms with Gasteiger partial charge in [0.15, 0.2) is 6.73 Å². The summed E-state index contributed by atoms with van der Waals surface area (Å²) in [6.07, 6.45) is 0. The zero-order valence-electron chi connectivity index (χ0n) is 11.7. The van der Waals surface area contributed by atoms with Crippen molar-refractivity contribution in [3.63, 3.8) is 0 Å². The Morgan fingerprint density at radius 1 is 1.10 bits per heavy atom. The Labute approximate surface area is 132 Å². The van der Waals surface area contributed by atoms with Gasteiger partial charge in [-0.1, -0.05) is 51.8 Å². The molecule has 2 rings (SSSR count). The molecule has 0 spiro atoms. The van der Waals surface area contributed by atoms with Crippen LogP contribution in [0.4, 0.5) is 4.79 Å². The lowest BCUT2D eigenvalue weighted by molar-refractivity contribution is 0.223. The first-order valence-corrected chi connectivity index (χ1v) is 7.39. The number of nitrogens with one attached hydrogen (secondary N) is 2. The molecule has 0 aliphatic rings. The summed E-state index contributed by atoms with van der Waals surface area (Å²) in [7, 11) is 0. The maximum Gasteiger partial charge on any atom is 0.317 e. The van der Waals surface area contributed by atoms with Gasteiger partial charge in [0, 0.05) is 11.0 Å². The van der Waals surface area contributed by atoms with Gasteiger partial charge in [-0.2, -0.15) is 0 Å². The first-order chi connectivity index (χ1) is 10.1. The molecule has 0 aliphatic heterocycles. The van der Waals surface area contributed by atoms with E-state index >= 15 is 0 Å². The largest absolute Gasteiger partial charge is 0.473 e. The van der Waals surface area contributed by atoms with Gasteiger partial charge in [-0.05, 0) is 30.7 Å². The molecule has 0 atom stereocenters. The van der Waals surface area contributed by atoms with Gasteiger partial charge in [0.1, 0.15) is 5.75 Å². The minimum Gasteiger partial charge on any atom is -0.473 e. The Morgan fingerprint density at radius 3 is 2.52 bits per heavy atom. The quantitative estimate of drug-likeness (QED) is 0.811. The van der Waals surface area contributed by atoms with E-state index in [0.29, 0.717) is 6.54 Å². The van der Waals surface area contributed by atoms with Crippen LogP contribution in [0.25, 0.3) is 0 Å². The van der Waals surface area contributed by atoms with Crippen LogP contribution in [0.2, 0.25) is 0 Å². The van der Waals surface area contributed by atoms with E-state index in [9.17, 15) is 4.79 Å². The number of halogens is 1. The van der Waals surface area contributed by atoms with E-state index < -0.39 is 0 Å². The van der Waals surface area contributed by atoms with Gasteiger partial charge in [0.25, 0.3) is 0 Å². The van der Waals surface area contributed by atoms with Crippen LogP contribution in [0.5, 0.6) is 5.75 Å². The van der Waals surface area contributed by atoms with Gasteiger partial charge < -0.3 is 15.4 Å². The predicted molar refractivity (Wildman–Crippen MR) is 86.2 cm³/mol. The molecule has 2 amide bonds. The molecule has 0 saturated carbocycles. The second-order valence-corrected chi connectivity index (χ2v) is 5.41. The Hall–Kier alpha value is -2.01. The number of rotatable bonds is 5. The van der Waals surface area contributed by atoms with Crippen LogP contribution in [0.3, 0.4) is 0 Å². The van der Waals surface area contributed by atoms with Crippen LogP contribution in [0.15, 0.2) is 53.0 Å². The third kappa shape index (κ3) is 5.11. The van der Waals surface area contributed by atoms with E-state index in [-0.39, 0.29) is 12.8 Å². The van der Waals surface area contributed by atoms with Gasteiger partial charge >= 0.3 is 6.03 Å². The molecule has 0 aromatic heterocycles. The molecule has 0 fully saturated rings. The maximum atomic E-state index is 11.7. The second kappa shape index (κ2) is 7.69.